The average Bonchev–Trinajstić information content (AvgIpc) is 3.06. The molecule has 0 aliphatic rings. The Bertz CT molecular complexity index is 1410. The first kappa shape index (κ1) is 44.6. The maximum atomic E-state index is 8.58. The second-order valence-electron chi connectivity index (χ2n) is 5.40. The van der Waals surface area contributed by atoms with Gasteiger partial charge in [-0.15, -0.1) is 0 Å². The Morgan fingerprint density at radius 1 is 0.171 bits per heavy atom. The predicted molar refractivity (Wildman–Crippen MR) is 101 cm³/mol. The largest absolute Gasteiger partial charge is 3.00 e. The summed E-state index contributed by atoms with van der Waals surface area (Å²) < 4.78 is 0. The van der Waals surface area contributed by atoms with Crippen LogP contribution in [0.2, 0.25) is 0 Å². The van der Waals surface area contributed by atoms with E-state index >= 15 is 0 Å². The van der Waals surface area contributed by atoms with E-state index in [0.717, 1.165) is 89.4 Å². The van der Waals surface area contributed by atoms with Crippen molar-refractivity contribution in [2.24, 2.45) is 0 Å². The zero-order valence-electron chi connectivity index (χ0n) is 18.8. The molecule has 0 rings (SSSR count). The fraction of sp³-hybridized carbons (Fsp3) is 0. The van der Waals surface area contributed by atoms with E-state index in [1.807, 2.05) is 0 Å². The van der Waals surface area contributed by atoms with Gasteiger partial charge in [-0.1, -0.05) is 0 Å². The van der Waals surface area contributed by atoms with Crippen molar-refractivity contribution >= 4 is 0 Å². The third-order valence-electron chi connectivity index (χ3n) is 3.56. The second kappa shape index (κ2) is 11.2. The van der Waals surface area contributed by atoms with E-state index in [2.05, 4.69) is 0 Å². The monoisotopic (exact) mass is 1020 g/mol. The smallest absolute Gasteiger partial charge is 3.00 e. The molecule has 0 N–H and O–H groups in total. The molecule has 0 atom stereocenters. The summed E-state index contributed by atoms with van der Waals surface area (Å²) in [7, 11) is -18.5. The van der Waals surface area contributed by atoms with Gasteiger partial charge in [0.1, 0.15) is 0 Å². The first-order valence-corrected chi connectivity index (χ1v) is 17.1. The zero-order valence-corrected chi connectivity index (χ0v) is 27.2. The van der Waals surface area contributed by atoms with E-state index in [0.29, 0.717) is 0 Å². The molecular formula is C18Fe3N18Os2. The summed E-state index contributed by atoms with van der Waals surface area (Å²) in [6.45, 7) is 0. The van der Waals surface area contributed by atoms with E-state index in [1.165, 1.54) is 0 Å². The van der Waals surface area contributed by atoms with Crippen molar-refractivity contribution in [3.05, 3.63) is 0 Å². The molecule has 0 aromatic carbocycles. The molecular weight excluding hydrogens is 1020 g/mol. The van der Waals surface area contributed by atoms with Crippen LogP contribution < -0.4 is 0 Å². The van der Waals surface area contributed by atoms with Gasteiger partial charge >= 0.3 is 256 Å². The molecule has 18 nitrogen and oxygen atoms in total. The minimum Gasteiger partial charge on any atom is 3.00 e. The summed E-state index contributed by atoms with van der Waals surface area (Å²) in [5.74, 6) is 0. The Morgan fingerprint density at radius 2 is 0.220 bits per heavy atom. The zero-order chi connectivity index (χ0) is 32.0. The summed E-state index contributed by atoms with van der Waals surface area (Å²) in [4.78, 5) is 18.6. The van der Waals surface area contributed by atoms with Gasteiger partial charge in [0.2, 0.25) is 0 Å². The third kappa shape index (κ3) is 4.82. The Labute approximate surface area is 253 Å². The van der Waals surface area contributed by atoms with Crippen molar-refractivity contribution in [3.8, 4) is 89.4 Å². The Kier molecular flexibility index (Phi) is 12.2. The molecule has 0 aliphatic heterocycles. The van der Waals surface area contributed by atoms with Gasteiger partial charge in [0.15, 0.2) is 0 Å². The van der Waals surface area contributed by atoms with Crippen LogP contribution in [-0.4, -0.2) is 0 Å². The number of nitrogens with zero attached hydrogens (tertiary/aromatic N) is 18. The van der Waals surface area contributed by atoms with Crippen molar-refractivity contribution in [3.63, 3.8) is 0 Å². The quantitative estimate of drug-likeness (QED) is 0.294. The van der Waals surface area contributed by atoms with Crippen molar-refractivity contribution in [2.75, 3.05) is 0 Å². The first-order valence-electron chi connectivity index (χ1n) is 7.21. The van der Waals surface area contributed by atoms with Gasteiger partial charge < -0.3 is 0 Å². The number of hydrogen-bond donors (Lipinski definition) is 0. The van der Waals surface area contributed by atoms with Crippen molar-refractivity contribution in [2.45, 2.75) is 0 Å². The molecule has 0 fully saturated rings. The van der Waals surface area contributed by atoms with Gasteiger partial charge in [-0.25, -0.2) is 0 Å². The third-order valence-corrected chi connectivity index (χ3v) is 14.7. The molecule has 0 amide bonds. The van der Waals surface area contributed by atoms with Gasteiger partial charge in [0.05, 0.1) is 0 Å². The van der Waals surface area contributed by atoms with Gasteiger partial charge in [-0.05, 0) is 0 Å². The molecule has 0 aromatic rings. The minimum absolute atomic E-state index is 0. The molecule has 0 aromatic heterocycles. The molecule has 2 radical (unpaired) electrons. The van der Waals surface area contributed by atoms with E-state index in [-0.39, 0.29) is 39.6 Å². The molecule has 0 spiro atoms. The maximum absolute atomic E-state index is 8.58. The maximum Gasteiger partial charge on any atom is 3.00 e. The van der Waals surface area contributed by atoms with Gasteiger partial charge in [-0.2, -0.15) is 0 Å². The van der Waals surface area contributed by atoms with E-state index in [4.69, 9.17) is 94.7 Å². The molecule has 0 bridgehead atoms. The number of hydrogen-bond acceptors (Lipinski definition) is 18. The van der Waals surface area contributed by atoms with Crippen LogP contribution in [0.15, 0.2) is 0 Å². The van der Waals surface area contributed by atoms with Crippen LogP contribution in [0.1, 0.15) is 0 Å². The van der Waals surface area contributed by atoms with Crippen LogP contribution in [0.5, 0.6) is 0 Å². The van der Waals surface area contributed by atoms with Crippen LogP contribution in [0, 0.1) is 184 Å². The van der Waals surface area contributed by atoms with Crippen LogP contribution in [0.3, 0.4) is 0 Å². The molecule has 202 valence electrons. The molecule has 0 unspecified atom stereocenters. The van der Waals surface area contributed by atoms with Crippen LogP contribution in [0.25, 0.3) is 0 Å². The minimum atomic E-state index is -6.17. The standard InChI is InChI=1S/18CN.3Fe.2Os/c18*1-2;;;;;/q;;;;;;;;;;;;;;;;;;3*-2;2*+3. The molecule has 23 heteroatoms. The fourth-order valence-corrected chi connectivity index (χ4v) is 3.28. The van der Waals surface area contributed by atoms with Crippen LogP contribution in [-0.2, 0) is 71.8 Å². The first-order chi connectivity index (χ1) is 17.9. The van der Waals surface area contributed by atoms with Gasteiger partial charge in [0.25, 0.3) is 0 Å². The van der Waals surface area contributed by atoms with Crippen molar-refractivity contribution < 1.29 is 71.8 Å². The summed E-state index contributed by atoms with van der Waals surface area (Å²) >= 11 is 0. The summed E-state index contributed by atoms with van der Waals surface area (Å²) in [6.07, 6.45) is 0. The topological polar surface area (TPSA) is 428 Å². The van der Waals surface area contributed by atoms with Crippen molar-refractivity contribution in [1.82, 2.24) is 0 Å². The average molecular weight is 1020 g/mol. The molecule has 0 aliphatic carbocycles. The summed E-state index contributed by atoms with van der Waals surface area (Å²) in [5, 5.41) is 154. The molecule has 0 saturated heterocycles. The normalized spacial score (nSPS) is 12.7. The Morgan fingerprint density at radius 3 is 0.220 bits per heavy atom. The molecule has 0 heterocycles. The van der Waals surface area contributed by atoms with E-state index in [1.54, 1.807) is 0 Å². The molecule has 41 heavy (non-hydrogen) atoms. The summed E-state index contributed by atoms with van der Waals surface area (Å²) in [6, 6.07) is 0. The Balaban J connectivity index is -0.000000154. The second-order valence-corrected chi connectivity index (χ2v) is 22.3. The predicted octanol–water partition coefficient (Wildman–Crippen LogP) is 0.290. The van der Waals surface area contributed by atoms with E-state index < -0.39 is 32.2 Å². The number of nitriles is 18. The van der Waals surface area contributed by atoms with Crippen LogP contribution in [0.4, 0.5) is 0 Å². The van der Waals surface area contributed by atoms with Crippen LogP contribution >= 0.6 is 0 Å². The van der Waals surface area contributed by atoms with Gasteiger partial charge in [0, 0.05) is 0 Å². The Hall–Kier alpha value is -6.35. The summed E-state index contributed by atoms with van der Waals surface area (Å²) in [5.41, 5.74) is 0. The molecule has 0 saturated carbocycles. The SMILES string of the molecule is N#[C][Fe-2]([C]#N)([C]#N)([C]#N)([C]#N)[C]#N.N#[C][Fe-2]([C]#N)([C]#N)([C]#N)([C]#N)[C]#N.N#[C][Fe-2]([C]#N)([C]#N)([C]#N)([C]#N)[C]#N.[Os+3].[Os+3]. The van der Waals surface area contributed by atoms with Gasteiger partial charge in [-0.3, -0.25) is 0 Å². The fourth-order valence-electron chi connectivity index (χ4n) is 0.795. The van der Waals surface area contributed by atoms with Crippen molar-refractivity contribution in [1.29, 1.82) is 94.7 Å². The number of rotatable bonds is 0. The van der Waals surface area contributed by atoms with E-state index in [9.17, 15) is 0 Å².